The number of hydrogen-bond acceptors (Lipinski definition) is 4. The van der Waals surface area contributed by atoms with E-state index in [1.54, 1.807) is 30.3 Å². The number of carbonyl (C=O) groups excluding carboxylic acids is 2. The first-order valence-corrected chi connectivity index (χ1v) is 8.00. The molecule has 0 spiro atoms. The summed E-state index contributed by atoms with van der Waals surface area (Å²) >= 11 is 0. The standard InChI is InChI=1S/C17H24N4O3.ClH/c1-2-9-19-17(23)21-14-5-3-13(4-6-14)20-16(22)15(18)12-7-10-24-11-8-12;/h2-6,12,15H,1,7-11,18H2,(H,20,22)(H2,19,21,23);1H. The molecular weight excluding hydrogens is 344 g/mol. The number of ether oxygens (including phenoxy) is 1. The zero-order valence-corrected chi connectivity index (χ0v) is 14.8. The molecule has 1 aromatic carbocycles. The molecule has 2 rings (SSSR count). The minimum absolute atomic E-state index is 0. The highest BCUT2D eigenvalue weighted by molar-refractivity contribution is 5.95. The van der Waals surface area contributed by atoms with E-state index in [0.717, 1.165) is 12.8 Å². The first kappa shape index (κ1) is 21.0. The SMILES string of the molecule is C=CCNC(=O)Nc1ccc(NC(=O)C(N)C2CCOCC2)cc1.Cl. The van der Waals surface area contributed by atoms with Crippen LogP contribution in [0.5, 0.6) is 0 Å². The molecule has 1 aliphatic heterocycles. The lowest BCUT2D eigenvalue weighted by Crippen LogP contribution is -2.43. The topological polar surface area (TPSA) is 105 Å². The Labute approximate surface area is 153 Å². The molecule has 0 saturated carbocycles. The van der Waals surface area contributed by atoms with Crippen LogP contribution in [0.2, 0.25) is 0 Å². The minimum Gasteiger partial charge on any atom is -0.381 e. The molecule has 3 amide bonds. The fourth-order valence-electron chi connectivity index (χ4n) is 2.49. The molecule has 0 aliphatic carbocycles. The van der Waals surface area contributed by atoms with Gasteiger partial charge in [-0.2, -0.15) is 0 Å². The van der Waals surface area contributed by atoms with Crippen LogP contribution in [-0.2, 0) is 9.53 Å². The van der Waals surface area contributed by atoms with E-state index in [9.17, 15) is 9.59 Å². The van der Waals surface area contributed by atoms with Crippen LogP contribution in [0.3, 0.4) is 0 Å². The van der Waals surface area contributed by atoms with Crippen molar-refractivity contribution in [3.63, 3.8) is 0 Å². The lowest BCUT2D eigenvalue weighted by molar-refractivity contribution is -0.119. The van der Waals surface area contributed by atoms with Crippen molar-refractivity contribution in [3.05, 3.63) is 36.9 Å². The van der Waals surface area contributed by atoms with Crippen molar-refractivity contribution in [3.8, 4) is 0 Å². The van der Waals surface area contributed by atoms with Crippen LogP contribution in [0, 0.1) is 5.92 Å². The molecule has 1 aliphatic rings. The molecule has 1 heterocycles. The fraction of sp³-hybridized carbons (Fsp3) is 0.412. The number of hydrogen-bond donors (Lipinski definition) is 4. The number of carbonyl (C=O) groups is 2. The Morgan fingerprint density at radius 1 is 1.20 bits per heavy atom. The maximum atomic E-state index is 12.2. The van der Waals surface area contributed by atoms with Crippen molar-refractivity contribution >= 4 is 35.7 Å². The molecule has 138 valence electrons. The van der Waals surface area contributed by atoms with E-state index in [-0.39, 0.29) is 30.3 Å². The molecule has 8 heteroatoms. The van der Waals surface area contributed by atoms with Crippen molar-refractivity contribution in [2.75, 3.05) is 30.4 Å². The van der Waals surface area contributed by atoms with Crippen LogP contribution in [0.1, 0.15) is 12.8 Å². The number of nitrogens with one attached hydrogen (secondary N) is 3. The predicted molar refractivity (Wildman–Crippen MR) is 101 cm³/mol. The molecule has 1 fully saturated rings. The number of nitrogens with two attached hydrogens (primary N) is 1. The Morgan fingerprint density at radius 3 is 2.32 bits per heavy atom. The summed E-state index contributed by atoms with van der Waals surface area (Å²) in [5, 5.41) is 8.10. The molecule has 1 aromatic rings. The Hall–Kier alpha value is -2.09. The minimum atomic E-state index is -0.545. The van der Waals surface area contributed by atoms with Gasteiger partial charge in [-0.1, -0.05) is 6.08 Å². The van der Waals surface area contributed by atoms with Gasteiger partial charge in [0.15, 0.2) is 0 Å². The van der Waals surface area contributed by atoms with Gasteiger partial charge in [0.25, 0.3) is 0 Å². The van der Waals surface area contributed by atoms with E-state index >= 15 is 0 Å². The number of halogens is 1. The van der Waals surface area contributed by atoms with Crippen molar-refractivity contribution in [2.45, 2.75) is 18.9 Å². The second-order valence-electron chi connectivity index (χ2n) is 5.67. The zero-order valence-electron chi connectivity index (χ0n) is 14.0. The third-order valence-corrected chi connectivity index (χ3v) is 3.89. The summed E-state index contributed by atoms with van der Waals surface area (Å²) in [6.07, 6.45) is 3.20. The predicted octanol–water partition coefficient (Wildman–Crippen LogP) is 2.11. The van der Waals surface area contributed by atoms with Crippen molar-refractivity contribution in [1.82, 2.24) is 5.32 Å². The van der Waals surface area contributed by atoms with E-state index in [2.05, 4.69) is 22.5 Å². The molecule has 1 saturated heterocycles. The van der Waals surface area contributed by atoms with Crippen LogP contribution >= 0.6 is 12.4 Å². The molecule has 0 radical (unpaired) electrons. The third kappa shape index (κ3) is 6.74. The van der Waals surface area contributed by atoms with Crippen LogP contribution in [0.15, 0.2) is 36.9 Å². The third-order valence-electron chi connectivity index (χ3n) is 3.89. The average Bonchev–Trinajstić information content (AvgIpc) is 2.61. The molecule has 5 N–H and O–H groups in total. The van der Waals surface area contributed by atoms with Crippen molar-refractivity contribution in [2.24, 2.45) is 11.7 Å². The Balaban J connectivity index is 0.00000312. The summed E-state index contributed by atoms with van der Waals surface area (Å²) in [7, 11) is 0. The van der Waals surface area contributed by atoms with Gasteiger partial charge in [0.1, 0.15) is 0 Å². The molecule has 1 unspecified atom stereocenters. The molecule has 0 bridgehead atoms. The second-order valence-corrected chi connectivity index (χ2v) is 5.67. The smallest absolute Gasteiger partial charge is 0.319 e. The van der Waals surface area contributed by atoms with E-state index < -0.39 is 6.04 Å². The molecule has 25 heavy (non-hydrogen) atoms. The summed E-state index contributed by atoms with van der Waals surface area (Å²) in [6, 6.07) is 6.01. The summed E-state index contributed by atoms with van der Waals surface area (Å²) in [5.74, 6) is -0.0559. The normalized spacial score (nSPS) is 15.4. The number of rotatable bonds is 6. The van der Waals surface area contributed by atoms with Crippen LogP contribution in [0.4, 0.5) is 16.2 Å². The monoisotopic (exact) mass is 368 g/mol. The van der Waals surface area contributed by atoms with E-state index in [1.165, 1.54) is 0 Å². The number of amides is 3. The quantitative estimate of drug-likeness (QED) is 0.577. The van der Waals surface area contributed by atoms with E-state index in [1.807, 2.05) is 0 Å². The first-order valence-electron chi connectivity index (χ1n) is 8.00. The van der Waals surface area contributed by atoms with Crippen LogP contribution < -0.4 is 21.7 Å². The number of urea groups is 1. The number of anilines is 2. The highest BCUT2D eigenvalue weighted by Crippen LogP contribution is 2.19. The van der Waals surface area contributed by atoms with E-state index in [4.69, 9.17) is 10.5 Å². The Kier molecular flexibility index (Phi) is 8.98. The van der Waals surface area contributed by atoms with Gasteiger partial charge in [0, 0.05) is 31.1 Å². The van der Waals surface area contributed by atoms with Gasteiger partial charge < -0.3 is 26.4 Å². The number of benzene rings is 1. The van der Waals surface area contributed by atoms with Gasteiger partial charge >= 0.3 is 6.03 Å². The second kappa shape index (κ2) is 10.7. The lowest BCUT2D eigenvalue weighted by atomic mass is 9.92. The summed E-state index contributed by atoms with van der Waals surface area (Å²) in [4.78, 5) is 23.8. The summed E-state index contributed by atoms with van der Waals surface area (Å²) in [6.45, 7) is 5.23. The van der Waals surface area contributed by atoms with Gasteiger partial charge in [-0.25, -0.2) is 4.79 Å². The Morgan fingerprint density at radius 2 is 1.76 bits per heavy atom. The highest BCUT2D eigenvalue weighted by Gasteiger charge is 2.26. The zero-order chi connectivity index (χ0) is 17.4. The van der Waals surface area contributed by atoms with Crippen LogP contribution in [-0.4, -0.2) is 37.7 Å². The van der Waals surface area contributed by atoms with Crippen LogP contribution in [0.25, 0.3) is 0 Å². The van der Waals surface area contributed by atoms with Gasteiger partial charge in [-0.05, 0) is 43.0 Å². The molecular formula is C17H25ClN4O3. The van der Waals surface area contributed by atoms with Gasteiger partial charge in [0.2, 0.25) is 5.91 Å². The maximum Gasteiger partial charge on any atom is 0.319 e. The largest absolute Gasteiger partial charge is 0.381 e. The maximum absolute atomic E-state index is 12.2. The molecule has 0 aromatic heterocycles. The van der Waals surface area contributed by atoms with Gasteiger partial charge in [-0.15, -0.1) is 19.0 Å². The Bertz CT molecular complexity index is 574. The average molecular weight is 369 g/mol. The van der Waals surface area contributed by atoms with Crippen molar-refractivity contribution in [1.29, 1.82) is 0 Å². The fourth-order valence-corrected chi connectivity index (χ4v) is 2.49. The molecule has 7 nitrogen and oxygen atoms in total. The van der Waals surface area contributed by atoms with Gasteiger partial charge in [-0.3, -0.25) is 4.79 Å². The highest BCUT2D eigenvalue weighted by atomic mass is 35.5. The van der Waals surface area contributed by atoms with Crippen molar-refractivity contribution < 1.29 is 14.3 Å². The van der Waals surface area contributed by atoms with E-state index in [0.29, 0.717) is 31.1 Å². The molecule has 1 atom stereocenters. The van der Waals surface area contributed by atoms with Gasteiger partial charge in [0.05, 0.1) is 6.04 Å². The summed E-state index contributed by atoms with van der Waals surface area (Å²) in [5.41, 5.74) is 7.31. The summed E-state index contributed by atoms with van der Waals surface area (Å²) < 4.78 is 5.28. The lowest BCUT2D eigenvalue weighted by Gasteiger charge is -2.26. The first-order chi connectivity index (χ1) is 11.6.